The molecule has 12 rings (SSSR count). The van der Waals surface area contributed by atoms with Crippen LogP contribution in [0.3, 0.4) is 0 Å². The predicted molar refractivity (Wildman–Crippen MR) is 396 cm³/mol. The van der Waals surface area contributed by atoms with Crippen LogP contribution in [0.4, 0.5) is 0 Å². The molecule has 0 radical (unpaired) electrons. The van der Waals surface area contributed by atoms with E-state index in [1.807, 2.05) is 72.8 Å². The van der Waals surface area contributed by atoms with Crippen molar-refractivity contribution in [3.05, 3.63) is 469 Å². The van der Waals surface area contributed by atoms with Gasteiger partial charge in [-0.15, -0.1) is 66.8 Å². The van der Waals surface area contributed by atoms with E-state index in [0.29, 0.717) is 0 Å². The molecule has 0 heterocycles. The Morgan fingerprint density at radius 2 is 0.404 bits per heavy atom. The van der Waals surface area contributed by atoms with Crippen molar-refractivity contribution in [2.75, 3.05) is 0 Å². The van der Waals surface area contributed by atoms with Gasteiger partial charge >= 0.3 is 196 Å². The van der Waals surface area contributed by atoms with Gasteiger partial charge in [0.2, 0.25) is 0 Å². The SMILES string of the molecule is Cc1[c-]c(C(c2[c-]c(C)ccc2)(c2[c-]ccc(C)c2)c2[c-]ccc(C)c2)ccc1.Cc1cc[c-]c(C(c2[c-]ccc(C)c2)(c2[c-]ccc(C)c2)c2[c-]ccc(C)c2)c1.Cc1cc[c-]c(C(c2[c-]ccc(C)c2)(c2[c-]cccc2C)c2[c-]cccc2C)c1.[CH3-].[CH3-].[CH3-].[CH3-].[CH3-].[CH3-].[Y+3].[Y+3].[Y+3].[Y+3].[Y+3].[Y+3]. The summed E-state index contributed by atoms with van der Waals surface area (Å²) in [6.07, 6.45) is 0. The van der Waals surface area contributed by atoms with Crippen LogP contribution in [0.5, 0.6) is 0 Å². The molecule has 0 saturated heterocycles. The van der Waals surface area contributed by atoms with Crippen LogP contribution in [-0.2, 0) is 213 Å². The third-order valence-electron chi connectivity index (χ3n) is 16.5. The first-order chi connectivity index (χ1) is 42.0. The summed E-state index contributed by atoms with van der Waals surface area (Å²) in [4.78, 5) is 0. The van der Waals surface area contributed by atoms with Crippen molar-refractivity contribution < 1.29 is 196 Å². The Balaban J connectivity index is -0.00000132. The number of benzene rings is 12. The van der Waals surface area contributed by atoms with Gasteiger partial charge in [-0.2, -0.15) is 358 Å². The van der Waals surface area contributed by atoms with E-state index in [1.165, 1.54) is 55.6 Å². The van der Waals surface area contributed by atoms with Crippen LogP contribution in [0, 0.1) is 200 Å². The molecule has 0 fully saturated rings. The smallest absolute Gasteiger partial charge is 0.358 e. The van der Waals surface area contributed by atoms with Crippen LogP contribution in [0.15, 0.2) is 218 Å². The van der Waals surface area contributed by atoms with Gasteiger partial charge in [-0.3, -0.25) is 0 Å². The molecule has 0 atom stereocenters. The van der Waals surface area contributed by atoms with Crippen molar-refractivity contribution in [1.29, 1.82) is 0 Å². The van der Waals surface area contributed by atoms with E-state index >= 15 is 0 Å². The first-order valence-corrected chi connectivity index (χ1v) is 29.9. The Bertz CT molecular complexity index is 3710. The minimum absolute atomic E-state index is 0. The maximum absolute atomic E-state index is 3.64. The predicted octanol–water partition coefficient (Wildman–Crippen LogP) is 22.2. The third-order valence-corrected chi connectivity index (χ3v) is 16.5. The maximum Gasteiger partial charge on any atom is 3.00 e. The molecule has 0 N–H and O–H groups in total. The second kappa shape index (κ2) is 46.3. The second-order valence-electron chi connectivity index (χ2n) is 23.4. The van der Waals surface area contributed by atoms with Crippen LogP contribution in [0.25, 0.3) is 0 Å². The molecule has 99 heavy (non-hydrogen) atoms. The zero-order chi connectivity index (χ0) is 61.3. The van der Waals surface area contributed by atoms with Crippen LogP contribution in [0.2, 0.25) is 0 Å². The van der Waals surface area contributed by atoms with Crippen molar-refractivity contribution in [3.8, 4) is 0 Å². The van der Waals surface area contributed by atoms with Crippen LogP contribution in [-0.4, -0.2) is 0 Å². The number of aryl methyl sites for hydroxylation is 12. The fraction of sp³-hybridized carbons (Fsp3) is 0.161. The molecule has 0 saturated carbocycles. The Morgan fingerprint density at radius 3 is 0.596 bits per heavy atom. The Labute approximate surface area is 753 Å². The average molecular weight is 1740 g/mol. The molecule has 0 aliphatic rings. The van der Waals surface area contributed by atoms with Gasteiger partial charge in [-0.05, 0) is 16.2 Å². The quantitative estimate of drug-likeness (QED) is 0.0845. The van der Waals surface area contributed by atoms with Crippen molar-refractivity contribution in [3.63, 3.8) is 0 Å². The molecule has 0 spiro atoms. The van der Waals surface area contributed by atoms with E-state index in [-0.39, 0.29) is 241 Å². The Kier molecular flexibility index (Phi) is 46.9. The molecule has 6 heteroatoms. The molecule has 480 valence electrons. The Morgan fingerprint density at radius 1 is 0.202 bits per heavy atom. The largest absolute Gasteiger partial charge is 3.00 e. The van der Waals surface area contributed by atoms with Crippen molar-refractivity contribution in [1.82, 2.24) is 0 Å². The summed E-state index contributed by atoms with van der Waals surface area (Å²) in [5.41, 5.74) is 25.6. The first kappa shape index (κ1) is 100. The molecule has 0 nitrogen and oxygen atoms in total. The first-order valence-electron chi connectivity index (χ1n) is 29.9. The molecule has 0 amide bonds. The molecule has 0 unspecified atom stereocenters. The molecule has 12 aromatic carbocycles. The molecule has 0 bridgehead atoms. The molecule has 0 aromatic heterocycles. The monoisotopic (exact) mass is 1740 g/mol. The fourth-order valence-corrected chi connectivity index (χ4v) is 12.4. The number of hydrogen-bond donors (Lipinski definition) is 0. The van der Waals surface area contributed by atoms with E-state index in [0.717, 1.165) is 77.9 Å². The summed E-state index contributed by atoms with van der Waals surface area (Å²) in [5, 5.41) is 0. The van der Waals surface area contributed by atoms with E-state index < -0.39 is 16.2 Å². The summed E-state index contributed by atoms with van der Waals surface area (Å²) in [6.45, 7) is 25.5. The topological polar surface area (TPSA) is 0 Å². The van der Waals surface area contributed by atoms with Gasteiger partial charge in [0.25, 0.3) is 0 Å². The molecule has 0 aliphatic carbocycles. The molecule has 12 aromatic rings. The normalized spacial score (nSPS) is 10.1. The van der Waals surface area contributed by atoms with Crippen molar-refractivity contribution >= 4 is 0 Å². The van der Waals surface area contributed by atoms with Crippen LogP contribution >= 0.6 is 0 Å². The minimum atomic E-state index is -0.589. The molecular formula is C93H90Y6. The zero-order valence-corrected chi connectivity index (χ0v) is 78.8. The van der Waals surface area contributed by atoms with E-state index in [2.05, 4.69) is 301 Å². The van der Waals surface area contributed by atoms with Crippen molar-refractivity contribution in [2.24, 2.45) is 0 Å². The summed E-state index contributed by atoms with van der Waals surface area (Å²) in [7, 11) is 0. The summed E-state index contributed by atoms with van der Waals surface area (Å²) in [5.74, 6) is 0. The molecular weight excluding hydrogens is 1650 g/mol. The molecule has 0 aliphatic heterocycles. The maximum atomic E-state index is 3.64. The minimum Gasteiger partial charge on any atom is -0.358 e. The van der Waals surface area contributed by atoms with Gasteiger partial charge in [-0.25, -0.2) is 0 Å². The van der Waals surface area contributed by atoms with Gasteiger partial charge < -0.3 is 44.6 Å². The zero-order valence-electron chi connectivity index (χ0n) is 61.7. The fourth-order valence-electron chi connectivity index (χ4n) is 12.4. The van der Waals surface area contributed by atoms with Gasteiger partial charge in [0.1, 0.15) is 0 Å². The van der Waals surface area contributed by atoms with E-state index in [9.17, 15) is 0 Å². The Hall–Kier alpha value is -2.74. The average Bonchev–Trinajstić information content (AvgIpc) is 0.744. The van der Waals surface area contributed by atoms with Crippen LogP contribution in [0.1, 0.15) is 134 Å². The summed E-state index contributed by atoms with van der Waals surface area (Å²) < 4.78 is 0. The van der Waals surface area contributed by atoms with E-state index in [1.54, 1.807) is 0 Å². The standard InChI is InChI=1S/3C29H24.6CH3.6Y/c2*1-21-9-5-13-25(17-21)29(26-14-6-10-22(2)18-26,27-15-7-11-23(3)19-27)28-16-8-12-24(4)20-28;1-21-11-9-15-25(19-21)29(26-16-10-12-22(2)20-26,27-17-7-5-13-23(27)3)28-18-8-6-14-24(28)4;;;;;;;;;;;;/h5-12,17-20H,1-4H3;2*5-14,19-20H,1-4H3;6*1H3;;;;;;/q3*-4;6*-1;6*+3. The number of rotatable bonds is 12. The third kappa shape index (κ3) is 22.7. The van der Waals surface area contributed by atoms with Gasteiger partial charge in [-0.1, -0.05) is 83.1 Å². The second-order valence-corrected chi connectivity index (χ2v) is 23.4. The number of hydrogen-bond acceptors (Lipinski definition) is 0. The summed E-state index contributed by atoms with van der Waals surface area (Å²) in [6, 6.07) is 119. The van der Waals surface area contributed by atoms with Crippen LogP contribution < -0.4 is 0 Å². The summed E-state index contributed by atoms with van der Waals surface area (Å²) >= 11 is 0. The van der Waals surface area contributed by atoms with E-state index in [4.69, 9.17) is 0 Å². The van der Waals surface area contributed by atoms with Gasteiger partial charge in [0, 0.05) is 0 Å². The van der Waals surface area contributed by atoms with Gasteiger partial charge in [0.05, 0.1) is 0 Å². The van der Waals surface area contributed by atoms with Gasteiger partial charge in [0.15, 0.2) is 0 Å². The van der Waals surface area contributed by atoms with Crippen molar-refractivity contribution in [2.45, 2.75) is 99.3 Å².